The van der Waals surface area contributed by atoms with Crippen molar-refractivity contribution < 1.29 is 13.5 Å². The lowest BCUT2D eigenvalue weighted by Crippen LogP contribution is -2.30. The van der Waals surface area contributed by atoms with E-state index in [4.69, 9.17) is 0 Å². The maximum Gasteiger partial charge on any atom is 0.229 e. The van der Waals surface area contributed by atoms with Gasteiger partial charge >= 0.3 is 0 Å². The zero-order chi connectivity index (χ0) is 15.7. The molecule has 6 heteroatoms. The summed E-state index contributed by atoms with van der Waals surface area (Å²) in [4.78, 5) is 0.258. The van der Waals surface area contributed by atoms with E-state index in [1.807, 2.05) is 43.3 Å². The number of aryl methyl sites for hydroxylation is 1. The molecule has 0 fully saturated rings. The fraction of sp³-hybridized carbons (Fsp3) is 0.235. The van der Waals surface area contributed by atoms with E-state index in [-0.39, 0.29) is 27.7 Å². The van der Waals surface area contributed by atoms with Crippen LogP contribution in [0.5, 0.6) is 5.75 Å². The number of hydrogen-bond acceptors (Lipinski definition) is 3. The molecule has 3 rings (SSSR count). The molecule has 4 nitrogen and oxygen atoms in total. The standard InChI is InChI=1S/C17H17NO3S.BrH/c1-11-9-13-7-8-18-17(22(20)21)16(14(13)10-15(11)19)12-5-3-2-4-6-12;/h2-6,9-10,16,18-19H,7-8H2,1H3;1H. The Morgan fingerprint density at radius 1 is 1.17 bits per heavy atom. The van der Waals surface area contributed by atoms with Gasteiger partial charge in [-0.25, -0.2) is 0 Å². The lowest BCUT2D eigenvalue weighted by atomic mass is 9.87. The number of halogens is 1. The predicted molar refractivity (Wildman–Crippen MR) is 97.1 cm³/mol. The van der Waals surface area contributed by atoms with Gasteiger partial charge in [0, 0.05) is 6.54 Å². The van der Waals surface area contributed by atoms with Crippen molar-refractivity contribution >= 4 is 32.3 Å². The summed E-state index contributed by atoms with van der Waals surface area (Å²) in [6.45, 7) is 2.41. The first-order chi connectivity index (χ1) is 10.6. The van der Waals surface area contributed by atoms with Crippen LogP contribution in [0.15, 0.2) is 42.5 Å². The van der Waals surface area contributed by atoms with Crippen LogP contribution in [0, 0.1) is 6.92 Å². The molecule has 0 aliphatic carbocycles. The fourth-order valence-corrected chi connectivity index (χ4v) is 3.63. The summed E-state index contributed by atoms with van der Waals surface area (Å²) in [7, 11) is -2.34. The van der Waals surface area contributed by atoms with E-state index < -0.39 is 16.2 Å². The van der Waals surface area contributed by atoms with Crippen LogP contribution in [0.4, 0.5) is 0 Å². The lowest BCUT2D eigenvalue weighted by molar-refractivity contribution is 0.470. The largest absolute Gasteiger partial charge is 0.508 e. The van der Waals surface area contributed by atoms with Crippen molar-refractivity contribution in [3.05, 3.63) is 64.7 Å². The summed E-state index contributed by atoms with van der Waals surface area (Å²) < 4.78 is 23.4. The van der Waals surface area contributed by atoms with Gasteiger partial charge in [0.25, 0.3) is 0 Å². The van der Waals surface area contributed by atoms with E-state index >= 15 is 0 Å². The molecule has 0 aromatic heterocycles. The molecular weight excluding hydrogens is 378 g/mol. The predicted octanol–water partition coefficient (Wildman–Crippen LogP) is 2.57. The SMILES string of the molecule is Br.Cc1cc2c(cc1O)C(c1ccccc1)C(=S(=O)=O)NCC2. The minimum Gasteiger partial charge on any atom is -0.508 e. The number of hydrogen-bond donors (Lipinski definition) is 2. The van der Waals surface area contributed by atoms with Gasteiger partial charge in [-0.3, -0.25) is 5.32 Å². The summed E-state index contributed by atoms with van der Waals surface area (Å²) in [5.41, 5.74) is 3.61. The number of benzene rings is 2. The third-order valence-electron chi connectivity index (χ3n) is 4.04. The van der Waals surface area contributed by atoms with Crippen LogP contribution in [0.3, 0.4) is 0 Å². The van der Waals surface area contributed by atoms with Crippen LogP contribution in [-0.4, -0.2) is 25.1 Å². The van der Waals surface area contributed by atoms with E-state index in [0.717, 1.165) is 28.7 Å². The Labute approximate surface area is 147 Å². The summed E-state index contributed by atoms with van der Waals surface area (Å²) in [5, 5.41) is 13.1. The van der Waals surface area contributed by atoms with Gasteiger partial charge in [0.1, 0.15) is 10.7 Å². The van der Waals surface area contributed by atoms with Gasteiger partial charge in [0.05, 0.1) is 5.92 Å². The normalized spacial score (nSPS) is 16.9. The number of aromatic hydroxyl groups is 1. The highest BCUT2D eigenvalue weighted by Crippen LogP contribution is 2.34. The third-order valence-corrected chi connectivity index (χ3v) is 4.78. The highest BCUT2D eigenvalue weighted by atomic mass is 79.9. The van der Waals surface area contributed by atoms with Gasteiger partial charge < -0.3 is 5.11 Å². The number of rotatable bonds is 1. The van der Waals surface area contributed by atoms with Crippen LogP contribution in [-0.2, 0) is 16.7 Å². The first-order valence-corrected chi connectivity index (χ1v) is 8.22. The highest BCUT2D eigenvalue weighted by Gasteiger charge is 2.27. The van der Waals surface area contributed by atoms with Crippen LogP contribution < -0.4 is 5.32 Å². The molecule has 0 saturated carbocycles. The van der Waals surface area contributed by atoms with E-state index in [9.17, 15) is 13.5 Å². The highest BCUT2D eigenvalue weighted by molar-refractivity contribution is 8.93. The van der Waals surface area contributed by atoms with Crippen molar-refractivity contribution in [2.45, 2.75) is 19.3 Å². The second-order valence-corrected chi connectivity index (χ2v) is 6.37. The fourth-order valence-electron chi connectivity index (χ4n) is 2.95. The maximum absolute atomic E-state index is 11.7. The minimum atomic E-state index is -2.34. The summed E-state index contributed by atoms with van der Waals surface area (Å²) in [6, 6.07) is 13.1. The lowest BCUT2D eigenvalue weighted by Gasteiger charge is -2.19. The smallest absolute Gasteiger partial charge is 0.229 e. The van der Waals surface area contributed by atoms with Crippen LogP contribution in [0.1, 0.15) is 28.2 Å². The molecule has 0 spiro atoms. The zero-order valence-corrected chi connectivity index (χ0v) is 15.1. The molecule has 0 bridgehead atoms. The Hall–Kier alpha value is -1.63. The number of phenols is 1. The van der Waals surface area contributed by atoms with Crippen molar-refractivity contribution in [2.24, 2.45) is 0 Å². The molecule has 0 radical (unpaired) electrons. The monoisotopic (exact) mass is 395 g/mol. The molecule has 2 aromatic carbocycles. The second kappa shape index (κ2) is 7.29. The summed E-state index contributed by atoms with van der Waals surface area (Å²) in [5.74, 6) is -0.221. The van der Waals surface area contributed by atoms with E-state index in [0.29, 0.717) is 6.54 Å². The van der Waals surface area contributed by atoms with Crippen molar-refractivity contribution in [2.75, 3.05) is 6.54 Å². The van der Waals surface area contributed by atoms with Crippen molar-refractivity contribution in [3.63, 3.8) is 0 Å². The van der Waals surface area contributed by atoms with Crippen molar-refractivity contribution in [3.8, 4) is 5.75 Å². The quantitative estimate of drug-likeness (QED) is 0.728. The minimum absolute atomic E-state index is 0. The van der Waals surface area contributed by atoms with Crippen molar-refractivity contribution in [1.82, 2.24) is 5.32 Å². The Bertz CT molecular complexity index is 840. The van der Waals surface area contributed by atoms with E-state index in [2.05, 4.69) is 5.32 Å². The maximum atomic E-state index is 11.7. The van der Waals surface area contributed by atoms with Gasteiger partial charge in [-0.05, 0) is 41.7 Å². The second-order valence-electron chi connectivity index (χ2n) is 5.46. The molecule has 122 valence electrons. The van der Waals surface area contributed by atoms with E-state index in [1.54, 1.807) is 6.07 Å². The first-order valence-electron chi connectivity index (χ1n) is 7.15. The Morgan fingerprint density at radius 3 is 2.52 bits per heavy atom. The molecule has 1 atom stereocenters. The van der Waals surface area contributed by atoms with Crippen molar-refractivity contribution in [1.29, 1.82) is 0 Å². The molecule has 1 aliphatic heterocycles. The zero-order valence-electron chi connectivity index (χ0n) is 12.6. The number of fused-ring (bicyclic) bond motifs is 1. The van der Waals surface area contributed by atoms with Gasteiger partial charge in [-0.15, -0.1) is 17.0 Å². The van der Waals surface area contributed by atoms with E-state index in [1.165, 1.54) is 0 Å². The van der Waals surface area contributed by atoms with Crippen LogP contribution in [0.2, 0.25) is 0 Å². The molecule has 1 heterocycles. The van der Waals surface area contributed by atoms with Crippen LogP contribution >= 0.6 is 17.0 Å². The molecule has 1 aliphatic rings. The number of nitrogens with one attached hydrogen (secondary N) is 1. The first kappa shape index (κ1) is 17.7. The summed E-state index contributed by atoms with van der Waals surface area (Å²) >= 11 is 0. The molecule has 0 saturated heterocycles. The molecule has 23 heavy (non-hydrogen) atoms. The number of phenolic OH excluding ortho intramolecular Hbond substituents is 1. The molecular formula is C17H18BrNO3S. The Kier molecular flexibility index (Phi) is 5.62. The topological polar surface area (TPSA) is 66.4 Å². The van der Waals surface area contributed by atoms with Gasteiger partial charge in [0.2, 0.25) is 10.3 Å². The Balaban J connectivity index is 0.00000192. The molecule has 2 aromatic rings. The molecule has 2 N–H and O–H groups in total. The molecule has 0 amide bonds. The van der Waals surface area contributed by atoms with Gasteiger partial charge in [-0.1, -0.05) is 36.4 Å². The molecule has 1 unspecified atom stereocenters. The van der Waals surface area contributed by atoms with Crippen LogP contribution in [0.25, 0.3) is 0 Å². The average Bonchev–Trinajstić information content (AvgIpc) is 2.68. The third kappa shape index (κ3) is 3.49. The Morgan fingerprint density at radius 2 is 1.87 bits per heavy atom. The van der Waals surface area contributed by atoms with Gasteiger partial charge in [0.15, 0.2) is 0 Å². The average molecular weight is 396 g/mol. The van der Waals surface area contributed by atoms with Gasteiger partial charge in [-0.2, -0.15) is 8.42 Å². The summed E-state index contributed by atoms with van der Waals surface area (Å²) in [6.07, 6.45) is 0.723.